The van der Waals surface area contributed by atoms with Crippen molar-refractivity contribution in [1.82, 2.24) is 4.90 Å². The number of aliphatic hydroxyl groups excluding tert-OH is 2. The molecule has 0 radical (unpaired) electrons. The highest BCUT2D eigenvalue weighted by molar-refractivity contribution is 5.82. The first-order valence-electron chi connectivity index (χ1n) is 9.23. The van der Waals surface area contributed by atoms with Crippen LogP contribution in [0, 0.1) is 11.8 Å². The van der Waals surface area contributed by atoms with Crippen LogP contribution >= 0.6 is 0 Å². The zero-order valence-electron chi connectivity index (χ0n) is 15.6. The van der Waals surface area contributed by atoms with Gasteiger partial charge in [-0.2, -0.15) is 0 Å². The molecule has 0 spiro atoms. The van der Waals surface area contributed by atoms with Crippen LogP contribution in [0.15, 0.2) is 42.5 Å². The summed E-state index contributed by atoms with van der Waals surface area (Å²) in [5.74, 6) is 6.79. The molecule has 146 valence electrons. The molecule has 1 atom stereocenters. The fourth-order valence-corrected chi connectivity index (χ4v) is 3.07. The lowest BCUT2D eigenvalue weighted by molar-refractivity contribution is -0.134. The molecular formula is C22H24N2O4. The van der Waals surface area contributed by atoms with Crippen molar-refractivity contribution in [3.63, 3.8) is 0 Å². The van der Waals surface area contributed by atoms with E-state index in [0.29, 0.717) is 18.8 Å². The Morgan fingerprint density at radius 2 is 1.82 bits per heavy atom. The number of hydrogen-bond donors (Lipinski definition) is 3. The van der Waals surface area contributed by atoms with Crippen molar-refractivity contribution in [3.8, 4) is 17.6 Å². The van der Waals surface area contributed by atoms with Gasteiger partial charge in [0.15, 0.2) is 0 Å². The minimum absolute atomic E-state index is 0.0138. The molecule has 0 bridgehead atoms. The van der Waals surface area contributed by atoms with Crippen molar-refractivity contribution in [2.75, 3.05) is 26.4 Å². The molecule has 2 aromatic carbocycles. The molecule has 1 amide bonds. The molecule has 2 aromatic rings. The molecule has 0 aliphatic carbocycles. The van der Waals surface area contributed by atoms with Crippen molar-refractivity contribution in [1.29, 1.82) is 0 Å². The van der Waals surface area contributed by atoms with Crippen LogP contribution < -0.4 is 10.5 Å². The maximum Gasteiger partial charge on any atom is 0.242 e. The molecule has 1 aliphatic rings. The largest absolute Gasteiger partial charge is 0.491 e. The molecule has 0 saturated heterocycles. The fourth-order valence-electron chi connectivity index (χ4n) is 3.07. The van der Waals surface area contributed by atoms with Crippen molar-refractivity contribution in [2.24, 2.45) is 5.73 Å². The number of aliphatic hydroxyl groups is 2. The van der Waals surface area contributed by atoms with Gasteiger partial charge in [-0.15, -0.1) is 0 Å². The van der Waals surface area contributed by atoms with E-state index in [1.165, 1.54) is 5.56 Å². The van der Waals surface area contributed by atoms with Gasteiger partial charge < -0.3 is 25.6 Å². The van der Waals surface area contributed by atoms with E-state index < -0.39 is 6.04 Å². The van der Waals surface area contributed by atoms with E-state index in [4.69, 9.17) is 20.7 Å². The fraction of sp³-hybridized carbons (Fsp3) is 0.318. The van der Waals surface area contributed by atoms with Crippen molar-refractivity contribution < 1.29 is 19.7 Å². The number of hydrogen-bond acceptors (Lipinski definition) is 5. The predicted molar refractivity (Wildman–Crippen MR) is 106 cm³/mol. The Kier molecular flexibility index (Phi) is 6.66. The van der Waals surface area contributed by atoms with Crippen LogP contribution in [0.1, 0.15) is 22.3 Å². The van der Waals surface area contributed by atoms with E-state index in [0.717, 1.165) is 23.1 Å². The molecule has 1 aliphatic heterocycles. The minimum Gasteiger partial charge on any atom is -0.491 e. The van der Waals surface area contributed by atoms with Gasteiger partial charge in [-0.25, -0.2) is 0 Å². The number of benzene rings is 2. The smallest absolute Gasteiger partial charge is 0.242 e. The van der Waals surface area contributed by atoms with Crippen LogP contribution in [0.3, 0.4) is 0 Å². The third-order valence-corrected chi connectivity index (χ3v) is 4.61. The second-order valence-electron chi connectivity index (χ2n) is 6.63. The number of carbonyl (C=O) groups is 1. The van der Waals surface area contributed by atoms with Crippen molar-refractivity contribution in [2.45, 2.75) is 19.0 Å². The quantitative estimate of drug-likeness (QED) is 0.663. The topological polar surface area (TPSA) is 96.0 Å². The lowest BCUT2D eigenvalue weighted by Gasteiger charge is -2.30. The lowest BCUT2D eigenvalue weighted by Crippen LogP contribution is -2.47. The molecule has 0 unspecified atom stereocenters. The molecule has 4 N–H and O–H groups in total. The maximum atomic E-state index is 12.1. The SMILES string of the molecule is N[C@H](CO)C(=O)N1CCc2cc(C#Cc3ccc(OCCO)cc3)ccc2C1. The monoisotopic (exact) mass is 380 g/mol. The number of fused-ring (bicyclic) bond motifs is 1. The van der Waals surface area contributed by atoms with Crippen LogP contribution in [-0.4, -0.2) is 53.4 Å². The summed E-state index contributed by atoms with van der Waals surface area (Å²) in [5, 5.41) is 17.8. The molecule has 6 heteroatoms. The summed E-state index contributed by atoms with van der Waals surface area (Å²) in [7, 11) is 0. The zero-order chi connectivity index (χ0) is 19.9. The second-order valence-corrected chi connectivity index (χ2v) is 6.63. The maximum absolute atomic E-state index is 12.1. The Labute approximate surface area is 164 Å². The number of amides is 1. The van der Waals surface area contributed by atoms with Gasteiger partial charge >= 0.3 is 0 Å². The van der Waals surface area contributed by atoms with E-state index in [1.807, 2.05) is 36.4 Å². The van der Waals surface area contributed by atoms with E-state index >= 15 is 0 Å². The molecule has 1 heterocycles. The molecule has 28 heavy (non-hydrogen) atoms. The van der Waals surface area contributed by atoms with Crippen LogP contribution in [0.2, 0.25) is 0 Å². The summed E-state index contributed by atoms with van der Waals surface area (Å²) in [6.07, 6.45) is 0.742. The van der Waals surface area contributed by atoms with Crippen molar-refractivity contribution in [3.05, 3.63) is 64.7 Å². The van der Waals surface area contributed by atoms with Gasteiger partial charge in [-0.1, -0.05) is 17.9 Å². The first-order valence-corrected chi connectivity index (χ1v) is 9.23. The Hall–Kier alpha value is -2.85. The average Bonchev–Trinajstić information content (AvgIpc) is 2.75. The highest BCUT2D eigenvalue weighted by Crippen LogP contribution is 2.21. The Morgan fingerprint density at radius 1 is 1.11 bits per heavy atom. The number of rotatable bonds is 5. The molecule has 0 fully saturated rings. The molecule has 3 rings (SSSR count). The molecule has 6 nitrogen and oxygen atoms in total. The van der Waals surface area contributed by atoms with Gasteiger partial charge in [0.25, 0.3) is 0 Å². The lowest BCUT2D eigenvalue weighted by atomic mass is 9.97. The van der Waals surface area contributed by atoms with Crippen LogP contribution in [0.25, 0.3) is 0 Å². The van der Waals surface area contributed by atoms with Crippen LogP contribution in [-0.2, 0) is 17.8 Å². The summed E-state index contributed by atoms with van der Waals surface area (Å²) in [5.41, 5.74) is 9.71. The summed E-state index contributed by atoms with van der Waals surface area (Å²) in [6.45, 7) is 1.01. The van der Waals surface area contributed by atoms with Gasteiger partial charge in [0, 0.05) is 24.2 Å². The highest BCUT2D eigenvalue weighted by atomic mass is 16.5. The Bertz CT molecular complexity index is 884. The van der Waals surface area contributed by atoms with E-state index in [1.54, 1.807) is 4.90 Å². The summed E-state index contributed by atoms with van der Waals surface area (Å²) in [4.78, 5) is 13.8. The summed E-state index contributed by atoms with van der Waals surface area (Å²) in [6, 6.07) is 12.6. The first-order chi connectivity index (χ1) is 13.6. The number of nitrogens with two attached hydrogens (primary N) is 1. The first kappa shape index (κ1) is 19.9. The van der Waals surface area contributed by atoms with Gasteiger partial charge in [0.05, 0.1) is 13.2 Å². The number of carbonyl (C=O) groups excluding carboxylic acids is 1. The predicted octanol–water partition coefficient (Wildman–Crippen LogP) is 0.662. The van der Waals surface area contributed by atoms with E-state index in [2.05, 4.69) is 17.9 Å². The third-order valence-electron chi connectivity index (χ3n) is 4.61. The minimum atomic E-state index is -0.855. The van der Waals surface area contributed by atoms with Gasteiger partial charge in [-0.05, 0) is 53.9 Å². The Balaban J connectivity index is 1.67. The van der Waals surface area contributed by atoms with Crippen molar-refractivity contribution >= 4 is 5.91 Å². The summed E-state index contributed by atoms with van der Waals surface area (Å²) < 4.78 is 5.33. The Morgan fingerprint density at radius 3 is 2.54 bits per heavy atom. The molecule has 0 aromatic heterocycles. The van der Waals surface area contributed by atoms with Gasteiger partial charge in [-0.3, -0.25) is 4.79 Å². The molecular weight excluding hydrogens is 356 g/mol. The summed E-state index contributed by atoms with van der Waals surface area (Å²) >= 11 is 0. The number of nitrogens with zero attached hydrogens (tertiary/aromatic N) is 1. The highest BCUT2D eigenvalue weighted by Gasteiger charge is 2.24. The normalized spacial score (nSPS) is 13.9. The molecule has 0 saturated carbocycles. The van der Waals surface area contributed by atoms with E-state index in [9.17, 15) is 4.79 Å². The van der Waals surface area contributed by atoms with Crippen LogP contribution in [0.4, 0.5) is 0 Å². The zero-order valence-corrected chi connectivity index (χ0v) is 15.6. The van der Waals surface area contributed by atoms with E-state index in [-0.39, 0.29) is 25.7 Å². The second kappa shape index (κ2) is 9.38. The van der Waals surface area contributed by atoms with Crippen LogP contribution in [0.5, 0.6) is 5.75 Å². The number of ether oxygens (including phenoxy) is 1. The average molecular weight is 380 g/mol. The van der Waals surface area contributed by atoms with Gasteiger partial charge in [0.2, 0.25) is 5.91 Å². The standard InChI is InChI=1S/C22H24N2O4/c23-21(15-26)22(27)24-10-9-18-13-17(3-6-19(18)14-24)2-1-16-4-7-20(8-5-16)28-12-11-25/h3-8,13,21,25-26H,9-12,14-15,23H2/t21-/m1/s1. The third kappa shape index (κ3) is 4.90. The van der Waals surface area contributed by atoms with Gasteiger partial charge in [0.1, 0.15) is 18.4 Å².